The molecule has 0 aliphatic heterocycles. The minimum atomic E-state index is 0. The molecule has 0 aromatic rings. The molecule has 2 nitrogen and oxygen atoms in total. The van der Waals surface area contributed by atoms with Crippen LogP contribution in [0, 0.1) is 43.2 Å². The molecule has 0 amide bonds. The van der Waals surface area contributed by atoms with Crippen LogP contribution >= 0.6 is 0 Å². The molecule has 0 heterocycles. The van der Waals surface area contributed by atoms with Gasteiger partial charge in [-0.3, -0.25) is 6.08 Å². The van der Waals surface area contributed by atoms with Gasteiger partial charge in [0, 0.05) is 0 Å². The average molecular weight is 308 g/mol. The molecule has 0 aromatic heterocycles. The molecule has 3 heteroatoms. The van der Waals surface area contributed by atoms with E-state index in [4.69, 9.17) is 0 Å². The first-order valence-corrected chi connectivity index (χ1v) is 4.72. The molecule has 0 aromatic carbocycles. The molecule has 1 aliphatic rings. The molecule has 0 bridgehead atoms. The molecular formula is C16H40N2Ti. The summed E-state index contributed by atoms with van der Waals surface area (Å²) in [5.74, 6) is 0. The van der Waals surface area contributed by atoms with Crippen molar-refractivity contribution in [1.82, 2.24) is 0 Å². The maximum Gasteiger partial charge on any atom is 4.00 e. The van der Waals surface area contributed by atoms with Gasteiger partial charge in [0.1, 0.15) is 0 Å². The van der Waals surface area contributed by atoms with Crippen molar-refractivity contribution < 1.29 is 31.5 Å². The summed E-state index contributed by atoms with van der Waals surface area (Å²) >= 11 is 0. The van der Waals surface area contributed by atoms with E-state index in [-0.39, 0.29) is 58.9 Å². The van der Waals surface area contributed by atoms with Crippen LogP contribution in [-0.2, 0) is 21.7 Å². The van der Waals surface area contributed by atoms with Crippen LogP contribution in [-0.4, -0.2) is 42.3 Å². The molecule has 0 fully saturated rings. The molecule has 0 spiro atoms. The summed E-state index contributed by atoms with van der Waals surface area (Å²) in [4.78, 5) is 2.83. The van der Waals surface area contributed by atoms with Crippen molar-refractivity contribution >= 4 is 0 Å². The Morgan fingerprint density at radius 3 is 1.05 bits per heavy atom. The Morgan fingerprint density at radius 2 is 1.00 bits per heavy atom. The van der Waals surface area contributed by atoms with Gasteiger partial charge in [0.05, 0.1) is 42.3 Å². The monoisotopic (exact) mass is 308 g/mol. The van der Waals surface area contributed by atoms with Crippen LogP contribution in [0.4, 0.5) is 0 Å². The summed E-state index contributed by atoms with van der Waals surface area (Å²) in [5.41, 5.74) is 0. The van der Waals surface area contributed by atoms with E-state index in [1.807, 2.05) is 12.2 Å². The smallest absolute Gasteiger partial charge is 0.358 e. The SMILES string of the molecule is C[NH+](C)C.C[NH+](C)C.[C-]1=CC=CC1.[CH3-].[CH3-].[CH3-].[CH3-].[CH3-].[Ti+4]. The van der Waals surface area contributed by atoms with Gasteiger partial charge in [0.2, 0.25) is 0 Å². The Hall–Kier alpha value is 0.114. The van der Waals surface area contributed by atoms with Crippen LogP contribution in [0.3, 0.4) is 0 Å². The Balaban J connectivity index is -0.0000000139. The third kappa shape index (κ3) is 180. The van der Waals surface area contributed by atoms with Crippen LogP contribution in [0.5, 0.6) is 0 Å². The molecule has 1 rings (SSSR count). The van der Waals surface area contributed by atoms with Gasteiger partial charge < -0.3 is 46.9 Å². The van der Waals surface area contributed by atoms with Crippen molar-refractivity contribution in [1.29, 1.82) is 0 Å². The number of hydrogen-bond acceptors (Lipinski definition) is 0. The molecule has 0 saturated carbocycles. The van der Waals surface area contributed by atoms with E-state index >= 15 is 0 Å². The van der Waals surface area contributed by atoms with Crippen LogP contribution < -0.4 is 9.80 Å². The van der Waals surface area contributed by atoms with Gasteiger partial charge in [-0.1, -0.05) is 0 Å². The Labute approximate surface area is 141 Å². The minimum Gasteiger partial charge on any atom is -0.358 e. The van der Waals surface area contributed by atoms with Gasteiger partial charge in [-0.2, -0.15) is 6.08 Å². The number of quaternary nitrogens is 2. The molecule has 1 aliphatic carbocycles. The van der Waals surface area contributed by atoms with E-state index in [2.05, 4.69) is 54.4 Å². The second kappa shape index (κ2) is 43.0. The van der Waals surface area contributed by atoms with Crippen molar-refractivity contribution in [3.63, 3.8) is 0 Å². The Morgan fingerprint density at radius 1 is 0.737 bits per heavy atom. The number of rotatable bonds is 0. The average Bonchev–Trinajstić information content (AvgIpc) is 2.35. The minimum absolute atomic E-state index is 0. The molecule has 2 N–H and O–H groups in total. The molecular weight excluding hydrogens is 268 g/mol. The van der Waals surface area contributed by atoms with E-state index in [9.17, 15) is 0 Å². The zero-order valence-electron chi connectivity index (χ0n) is 15.4. The first-order chi connectivity index (χ1) is 5.96. The van der Waals surface area contributed by atoms with Gasteiger partial charge in [0.25, 0.3) is 0 Å². The summed E-state index contributed by atoms with van der Waals surface area (Å²) in [6.07, 6.45) is 10.0. The van der Waals surface area contributed by atoms with E-state index in [0.717, 1.165) is 6.42 Å². The quantitative estimate of drug-likeness (QED) is 0.489. The summed E-state index contributed by atoms with van der Waals surface area (Å²) in [5, 5.41) is 0. The topological polar surface area (TPSA) is 8.88 Å². The predicted octanol–water partition coefficient (Wildman–Crippen LogP) is 1.08. The van der Waals surface area contributed by atoms with Crippen LogP contribution in [0.15, 0.2) is 18.2 Å². The van der Waals surface area contributed by atoms with Crippen LogP contribution in [0.1, 0.15) is 6.42 Å². The van der Waals surface area contributed by atoms with Crippen molar-refractivity contribution in [2.75, 3.05) is 42.3 Å². The number of nitrogens with one attached hydrogen (secondary N) is 2. The largest absolute Gasteiger partial charge is 4.00 e. The van der Waals surface area contributed by atoms with Crippen molar-refractivity contribution in [3.05, 3.63) is 61.4 Å². The normalized spacial score (nSPS) is 8.42. The summed E-state index contributed by atoms with van der Waals surface area (Å²) in [7, 11) is 12.5. The van der Waals surface area contributed by atoms with E-state index in [0.29, 0.717) is 0 Å². The summed E-state index contributed by atoms with van der Waals surface area (Å²) < 4.78 is 0. The first kappa shape index (κ1) is 50.8. The Kier molecular flexibility index (Phi) is 115. The van der Waals surface area contributed by atoms with Crippen LogP contribution in [0.25, 0.3) is 0 Å². The molecule has 0 saturated heterocycles. The fraction of sp³-hybridized carbons (Fsp3) is 0.438. The van der Waals surface area contributed by atoms with Crippen molar-refractivity contribution in [2.45, 2.75) is 6.42 Å². The second-order valence-electron chi connectivity index (χ2n) is 4.00. The van der Waals surface area contributed by atoms with Crippen molar-refractivity contribution in [2.24, 2.45) is 0 Å². The van der Waals surface area contributed by atoms with Gasteiger partial charge in [-0.15, -0.1) is 6.42 Å². The van der Waals surface area contributed by atoms with E-state index in [1.165, 1.54) is 9.80 Å². The van der Waals surface area contributed by atoms with Gasteiger partial charge in [-0.05, 0) is 0 Å². The molecule has 0 radical (unpaired) electrons. The molecule has 118 valence electrons. The predicted molar refractivity (Wildman–Crippen MR) is 91.1 cm³/mol. The fourth-order valence-corrected chi connectivity index (χ4v) is 0.340. The van der Waals surface area contributed by atoms with Gasteiger partial charge in [-0.25, -0.2) is 12.2 Å². The van der Waals surface area contributed by atoms with Gasteiger partial charge >= 0.3 is 21.7 Å². The summed E-state index contributed by atoms with van der Waals surface area (Å²) in [6.45, 7) is 0. The standard InChI is InChI=1S/C5H5.2C3H9N.5CH3.Ti/c1-2-4-5-3-1;2*1-4(2)3;;;;;;/h1-3H,4H2;2*1-3H3;5*1H3;/q-1;;;5*-1;+4/p+2. The van der Waals surface area contributed by atoms with Crippen molar-refractivity contribution in [3.8, 4) is 0 Å². The first-order valence-electron chi connectivity index (χ1n) is 4.72. The third-order valence-corrected chi connectivity index (χ3v) is 0.586. The van der Waals surface area contributed by atoms with E-state index < -0.39 is 0 Å². The second-order valence-corrected chi connectivity index (χ2v) is 4.00. The molecule has 0 atom stereocenters. The van der Waals surface area contributed by atoms with Gasteiger partial charge in [0.15, 0.2) is 0 Å². The maximum atomic E-state index is 2.99. The third-order valence-electron chi connectivity index (χ3n) is 0.586. The van der Waals surface area contributed by atoms with E-state index in [1.54, 1.807) is 0 Å². The number of hydrogen-bond donors (Lipinski definition) is 2. The fourth-order valence-electron chi connectivity index (χ4n) is 0.340. The molecule has 19 heavy (non-hydrogen) atoms. The zero-order chi connectivity index (χ0) is 10.7. The summed E-state index contributed by atoms with van der Waals surface area (Å²) in [6, 6.07) is 0. The number of allylic oxidation sites excluding steroid dienone is 4. The Bertz CT molecular complexity index is 120. The molecule has 0 unspecified atom stereocenters. The van der Waals surface area contributed by atoms with Crippen LogP contribution in [0.2, 0.25) is 0 Å². The maximum absolute atomic E-state index is 2.99. The zero-order valence-corrected chi connectivity index (χ0v) is 17.0.